The highest BCUT2D eigenvalue weighted by Crippen LogP contribution is 2.31. The number of rotatable bonds is 7. The Morgan fingerprint density at radius 3 is 2.28 bits per heavy atom. The zero-order valence-corrected chi connectivity index (χ0v) is 18.5. The van der Waals surface area contributed by atoms with E-state index in [1.165, 1.54) is 0 Å². The van der Waals surface area contributed by atoms with Crippen LogP contribution in [0.15, 0.2) is 66.7 Å². The van der Waals surface area contributed by atoms with E-state index in [0.29, 0.717) is 22.6 Å². The van der Waals surface area contributed by atoms with Crippen LogP contribution < -0.4 is 9.44 Å². The van der Waals surface area contributed by atoms with Crippen LogP contribution in [0.2, 0.25) is 0 Å². The number of halogens is 1. The number of imidazole rings is 1. The first-order valence-electron chi connectivity index (χ1n) is 9.37. The van der Waals surface area contributed by atoms with Crippen LogP contribution in [0.3, 0.4) is 0 Å². The van der Waals surface area contributed by atoms with Gasteiger partial charge in [0.1, 0.15) is 5.82 Å². The van der Waals surface area contributed by atoms with Crippen molar-refractivity contribution in [3.63, 3.8) is 0 Å². The highest BCUT2D eigenvalue weighted by atomic mass is 32.2. The fourth-order valence-electron chi connectivity index (χ4n) is 3.24. The number of nitrogens with one attached hydrogen (secondary N) is 3. The Hall–Kier alpha value is -3.44. The van der Waals surface area contributed by atoms with Gasteiger partial charge in [-0.3, -0.25) is 9.44 Å². The molecule has 3 N–H and O–H groups in total. The summed E-state index contributed by atoms with van der Waals surface area (Å²) < 4.78 is 63.5. The second-order valence-corrected chi connectivity index (χ2v) is 10.5. The lowest BCUT2D eigenvalue weighted by atomic mass is 10.0. The molecular formula is C21H19FN4O4S2. The van der Waals surface area contributed by atoms with Crippen molar-refractivity contribution in [2.45, 2.75) is 0 Å². The van der Waals surface area contributed by atoms with Crippen LogP contribution in [0.1, 0.15) is 0 Å². The lowest BCUT2D eigenvalue weighted by molar-refractivity contribution is 0.538. The minimum Gasteiger partial charge on any atom is -0.338 e. The van der Waals surface area contributed by atoms with Crippen LogP contribution in [0.5, 0.6) is 0 Å². The molecule has 0 aliphatic rings. The van der Waals surface area contributed by atoms with Gasteiger partial charge in [-0.25, -0.2) is 26.2 Å². The number of benzene rings is 3. The van der Waals surface area contributed by atoms with Gasteiger partial charge < -0.3 is 4.98 Å². The SMILES string of the molecule is CS(=O)(=O)Nc1ccc(-c2nc3ccc(-c4ccccc4NS(=O)(=O)CF)cc3[nH]2)cc1. The van der Waals surface area contributed by atoms with E-state index in [0.717, 1.165) is 22.9 Å². The summed E-state index contributed by atoms with van der Waals surface area (Å²) in [6.07, 6.45) is 1.08. The molecule has 0 bridgehead atoms. The first-order valence-corrected chi connectivity index (χ1v) is 12.9. The van der Waals surface area contributed by atoms with E-state index in [4.69, 9.17) is 0 Å². The molecule has 0 saturated carbocycles. The molecule has 0 unspecified atom stereocenters. The van der Waals surface area contributed by atoms with Crippen LogP contribution in [-0.4, -0.2) is 39.1 Å². The average Bonchev–Trinajstić information content (AvgIpc) is 3.16. The summed E-state index contributed by atoms with van der Waals surface area (Å²) in [6, 6.07) is 17.4. The number of aromatic amines is 1. The monoisotopic (exact) mass is 474 g/mol. The molecule has 1 heterocycles. The van der Waals surface area contributed by atoms with Crippen molar-refractivity contribution in [3.05, 3.63) is 66.7 Å². The Labute approximate surface area is 184 Å². The number of hydrogen-bond donors (Lipinski definition) is 3. The Bertz CT molecular complexity index is 1500. The number of hydrogen-bond acceptors (Lipinski definition) is 5. The third-order valence-electron chi connectivity index (χ3n) is 4.59. The van der Waals surface area contributed by atoms with Gasteiger partial charge in [0.2, 0.25) is 16.0 Å². The summed E-state index contributed by atoms with van der Waals surface area (Å²) in [6.45, 7) is 0. The van der Waals surface area contributed by atoms with Gasteiger partial charge in [-0.1, -0.05) is 24.3 Å². The molecule has 0 fully saturated rings. The highest BCUT2D eigenvalue weighted by Gasteiger charge is 2.14. The van der Waals surface area contributed by atoms with Crippen LogP contribution in [0.4, 0.5) is 15.8 Å². The lowest BCUT2D eigenvalue weighted by Crippen LogP contribution is -2.14. The third-order valence-corrected chi connectivity index (χ3v) is 6.02. The summed E-state index contributed by atoms with van der Waals surface area (Å²) in [4.78, 5) is 7.78. The first-order chi connectivity index (χ1) is 15.1. The molecule has 0 atom stereocenters. The number of para-hydroxylation sites is 1. The predicted octanol–water partition coefficient (Wildman–Crippen LogP) is 3.94. The Morgan fingerprint density at radius 2 is 1.59 bits per heavy atom. The zero-order chi connectivity index (χ0) is 22.9. The second kappa shape index (κ2) is 8.24. The van der Waals surface area contributed by atoms with Gasteiger partial charge in [0.25, 0.3) is 10.0 Å². The maximum absolute atomic E-state index is 12.8. The van der Waals surface area contributed by atoms with Crippen LogP contribution >= 0.6 is 0 Å². The molecule has 11 heteroatoms. The molecule has 0 aliphatic heterocycles. The summed E-state index contributed by atoms with van der Waals surface area (Å²) >= 11 is 0. The fraction of sp³-hybridized carbons (Fsp3) is 0.0952. The summed E-state index contributed by atoms with van der Waals surface area (Å²) in [5, 5.41) is 0. The Morgan fingerprint density at radius 1 is 0.906 bits per heavy atom. The van der Waals surface area contributed by atoms with Crippen molar-refractivity contribution in [2.24, 2.45) is 0 Å². The third kappa shape index (κ3) is 4.89. The lowest BCUT2D eigenvalue weighted by Gasteiger charge is -2.11. The molecule has 32 heavy (non-hydrogen) atoms. The Balaban J connectivity index is 1.68. The largest absolute Gasteiger partial charge is 0.338 e. The number of anilines is 2. The van der Waals surface area contributed by atoms with E-state index in [-0.39, 0.29) is 5.69 Å². The smallest absolute Gasteiger partial charge is 0.262 e. The van der Waals surface area contributed by atoms with E-state index < -0.39 is 26.1 Å². The maximum atomic E-state index is 12.8. The molecule has 4 rings (SSSR count). The zero-order valence-electron chi connectivity index (χ0n) is 16.8. The molecule has 1 aromatic heterocycles. The highest BCUT2D eigenvalue weighted by molar-refractivity contribution is 7.92. The Kier molecular flexibility index (Phi) is 5.61. The molecule has 4 aromatic rings. The van der Waals surface area contributed by atoms with Crippen molar-refractivity contribution in [3.8, 4) is 22.5 Å². The number of nitrogens with zero attached hydrogens (tertiary/aromatic N) is 1. The number of sulfonamides is 2. The van der Waals surface area contributed by atoms with Crippen molar-refractivity contribution >= 4 is 42.5 Å². The summed E-state index contributed by atoms with van der Waals surface area (Å²) in [7, 11) is -7.43. The molecule has 0 spiro atoms. The average molecular weight is 475 g/mol. The minimum absolute atomic E-state index is 0.276. The molecule has 0 saturated heterocycles. The van der Waals surface area contributed by atoms with E-state index in [1.807, 2.05) is 6.07 Å². The van der Waals surface area contributed by atoms with Gasteiger partial charge in [-0.2, -0.15) is 0 Å². The maximum Gasteiger partial charge on any atom is 0.262 e. The quantitative estimate of drug-likeness (QED) is 0.375. The number of fused-ring (bicyclic) bond motifs is 1. The summed E-state index contributed by atoms with van der Waals surface area (Å²) in [5.41, 5.74) is 4.22. The molecule has 166 valence electrons. The number of alkyl halides is 1. The van der Waals surface area contributed by atoms with Gasteiger partial charge in [-0.15, -0.1) is 0 Å². The molecule has 3 aromatic carbocycles. The van der Waals surface area contributed by atoms with Gasteiger partial charge in [0.15, 0.2) is 0 Å². The van der Waals surface area contributed by atoms with Crippen molar-refractivity contribution in [1.29, 1.82) is 0 Å². The van der Waals surface area contributed by atoms with Crippen molar-refractivity contribution in [1.82, 2.24) is 9.97 Å². The van der Waals surface area contributed by atoms with Crippen molar-refractivity contribution in [2.75, 3.05) is 21.7 Å². The predicted molar refractivity (Wildman–Crippen MR) is 124 cm³/mol. The molecule has 0 amide bonds. The van der Waals surface area contributed by atoms with E-state index in [2.05, 4.69) is 19.4 Å². The van der Waals surface area contributed by atoms with Crippen LogP contribution in [0.25, 0.3) is 33.5 Å². The normalized spacial score (nSPS) is 12.1. The second-order valence-electron chi connectivity index (χ2n) is 7.14. The fourth-order valence-corrected chi connectivity index (χ4v) is 4.37. The van der Waals surface area contributed by atoms with E-state index in [9.17, 15) is 21.2 Å². The van der Waals surface area contributed by atoms with E-state index in [1.54, 1.807) is 60.7 Å². The van der Waals surface area contributed by atoms with Gasteiger partial charge in [0.05, 0.1) is 23.0 Å². The van der Waals surface area contributed by atoms with Crippen LogP contribution in [0, 0.1) is 0 Å². The number of aromatic nitrogens is 2. The first kappa shape index (κ1) is 21.8. The summed E-state index contributed by atoms with van der Waals surface area (Å²) in [5.74, 6) is 0.592. The van der Waals surface area contributed by atoms with Gasteiger partial charge in [-0.05, 0) is 48.0 Å². The van der Waals surface area contributed by atoms with Crippen LogP contribution in [-0.2, 0) is 20.0 Å². The van der Waals surface area contributed by atoms with Gasteiger partial charge >= 0.3 is 0 Å². The minimum atomic E-state index is -4.07. The molecule has 8 nitrogen and oxygen atoms in total. The van der Waals surface area contributed by atoms with Crippen molar-refractivity contribution < 1.29 is 21.2 Å². The van der Waals surface area contributed by atoms with Gasteiger partial charge in [0, 0.05) is 16.8 Å². The number of H-pyrrole nitrogens is 1. The molecule has 0 aliphatic carbocycles. The molecular weight excluding hydrogens is 455 g/mol. The molecule has 0 radical (unpaired) electrons. The standard InChI is InChI=1S/C21H19FN4O4S2/c1-31(27,28)25-16-9-6-14(7-10-16)21-23-19-11-8-15(12-20(19)24-21)17-4-2-3-5-18(17)26-32(29,30)13-22/h2-12,25-26H,13H2,1H3,(H,23,24). The topological polar surface area (TPSA) is 121 Å². The van der Waals surface area contributed by atoms with E-state index >= 15 is 0 Å².